The molecule has 0 spiro atoms. The third-order valence-electron chi connectivity index (χ3n) is 4.84. The molecule has 0 aliphatic heterocycles. The van der Waals surface area contributed by atoms with Crippen LogP contribution in [0.1, 0.15) is 33.4 Å². The predicted molar refractivity (Wildman–Crippen MR) is 115 cm³/mol. The first-order chi connectivity index (χ1) is 13.9. The molecular weight excluding hydrogens is 336 g/mol. The van der Waals surface area contributed by atoms with Crippen molar-refractivity contribution in [1.29, 1.82) is 0 Å². The molecule has 0 radical (unpaired) electrons. The van der Waals surface area contributed by atoms with E-state index in [0.29, 0.717) is 0 Å². The van der Waals surface area contributed by atoms with Crippen LogP contribution >= 0.6 is 0 Å². The van der Waals surface area contributed by atoms with Gasteiger partial charge in [-0.3, -0.25) is 0 Å². The number of rotatable bonds is 0. The molecule has 8 rings (SSSR count). The average molecular weight is 354 g/mol. The molecule has 0 aromatic heterocycles. The zero-order valence-corrected chi connectivity index (χ0v) is 15.6. The smallest absolute Gasteiger partial charge is 0.0283 e. The first-order valence-corrected chi connectivity index (χ1v) is 9.46. The number of aryl methyl sites for hydroxylation is 4. The second kappa shape index (κ2) is 8.70. The van der Waals surface area contributed by atoms with Gasteiger partial charge >= 0.3 is 0 Å². The van der Waals surface area contributed by atoms with Gasteiger partial charge in [-0.05, 0) is 96.2 Å². The van der Waals surface area contributed by atoms with Gasteiger partial charge in [0.1, 0.15) is 0 Å². The van der Waals surface area contributed by atoms with Crippen molar-refractivity contribution in [3.8, 4) is 47.4 Å². The highest BCUT2D eigenvalue weighted by Gasteiger charge is 2.09. The highest BCUT2D eigenvalue weighted by Crippen LogP contribution is 2.21. The Kier molecular flexibility index (Phi) is 5.46. The van der Waals surface area contributed by atoms with E-state index in [1.807, 2.05) is 0 Å². The summed E-state index contributed by atoms with van der Waals surface area (Å²) in [5, 5.41) is 0. The van der Waals surface area contributed by atoms with E-state index in [2.05, 4.69) is 83.8 Å². The van der Waals surface area contributed by atoms with Crippen LogP contribution in [0.15, 0.2) is 60.7 Å². The van der Waals surface area contributed by atoms with Crippen molar-refractivity contribution in [2.45, 2.75) is 25.7 Å². The molecule has 0 heteroatoms. The van der Waals surface area contributed by atoms with Gasteiger partial charge in [-0.2, -0.15) is 0 Å². The Morgan fingerprint density at radius 3 is 1.46 bits per heavy atom. The minimum Gasteiger partial charge on any atom is -0.0689 e. The Balaban J connectivity index is 1.84. The monoisotopic (exact) mass is 354 g/mol. The number of benzene rings is 2. The molecule has 0 saturated heterocycles. The van der Waals surface area contributed by atoms with E-state index in [9.17, 15) is 0 Å². The molecule has 0 saturated carbocycles. The fourth-order valence-corrected chi connectivity index (χ4v) is 3.35. The minimum absolute atomic E-state index is 0.966. The lowest BCUT2D eigenvalue weighted by atomic mass is 9.91. The maximum absolute atomic E-state index is 3.31. The van der Waals surface area contributed by atoms with E-state index < -0.39 is 0 Å². The lowest BCUT2D eigenvalue weighted by Gasteiger charge is -2.13. The SMILES string of the molecule is C1#CC=CC#Cc2cc3ccc2CCc2ccc(c(c2)C#C/C=C/C#C1)CC3. The standard InChI is InChI=1S/C28H18/c1-2-4-6-8-10-12-28-22-24-14-18-26(28)20-16-23-13-17-25(19-15-24)27(21-23)11-9-7-5-3-1/h5-8,13-14,17-18,21-22H,15-16,19-20H2/b7-5+,8-6?. The largest absolute Gasteiger partial charge is 0.0689 e. The second-order valence-electron chi connectivity index (χ2n) is 6.73. The number of allylic oxidation sites excluding steroid dienone is 4. The number of hydrogen-bond donors (Lipinski definition) is 0. The molecule has 2 aromatic carbocycles. The molecule has 0 nitrogen and oxygen atoms in total. The molecule has 2 aromatic rings. The van der Waals surface area contributed by atoms with Crippen molar-refractivity contribution in [2.75, 3.05) is 0 Å². The summed E-state index contributed by atoms with van der Waals surface area (Å²) >= 11 is 0. The maximum atomic E-state index is 3.31. The van der Waals surface area contributed by atoms with Gasteiger partial charge in [0.25, 0.3) is 0 Å². The van der Waals surface area contributed by atoms with Crippen LogP contribution in [0, 0.1) is 47.4 Å². The summed E-state index contributed by atoms with van der Waals surface area (Å²) in [6.45, 7) is 0. The van der Waals surface area contributed by atoms with Crippen LogP contribution in [0.4, 0.5) is 0 Å². The van der Waals surface area contributed by atoms with Crippen LogP contribution in [0.3, 0.4) is 0 Å². The van der Waals surface area contributed by atoms with Crippen LogP contribution in [0.25, 0.3) is 0 Å². The van der Waals surface area contributed by atoms with Crippen molar-refractivity contribution in [2.24, 2.45) is 0 Å². The zero-order chi connectivity index (χ0) is 19.0. The fourth-order valence-electron chi connectivity index (χ4n) is 3.35. The molecule has 0 unspecified atom stereocenters. The highest BCUT2D eigenvalue weighted by molar-refractivity contribution is 5.50. The van der Waals surface area contributed by atoms with E-state index in [1.165, 1.54) is 22.3 Å². The first kappa shape index (κ1) is 17.6. The number of fused-ring (bicyclic) bond motifs is 5. The van der Waals surface area contributed by atoms with E-state index in [4.69, 9.17) is 0 Å². The lowest BCUT2D eigenvalue weighted by Crippen LogP contribution is -2.02. The Morgan fingerprint density at radius 2 is 0.964 bits per heavy atom. The van der Waals surface area contributed by atoms with Gasteiger partial charge in [0.05, 0.1) is 0 Å². The molecular formula is C28H18. The maximum Gasteiger partial charge on any atom is 0.0283 e. The topological polar surface area (TPSA) is 0 Å². The van der Waals surface area contributed by atoms with Gasteiger partial charge in [-0.1, -0.05) is 59.8 Å². The summed E-state index contributed by atoms with van der Waals surface area (Å²) in [4.78, 5) is 0. The van der Waals surface area contributed by atoms with E-state index >= 15 is 0 Å². The van der Waals surface area contributed by atoms with Gasteiger partial charge < -0.3 is 0 Å². The van der Waals surface area contributed by atoms with Crippen LogP contribution in [-0.2, 0) is 25.7 Å². The van der Waals surface area contributed by atoms with E-state index in [1.54, 1.807) is 24.3 Å². The van der Waals surface area contributed by atoms with Gasteiger partial charge in [0, 0.05) is 11.1 Å². The molecule has 6 aliphatic rings. The molecule has 6 aliphatic carbocycles. The Bertz CT molecular complexity index is 1120. The first-order valence-electron chi connectivity index (χ1n) is 9.46. The molecule has 130 valence electrons. The number of hydrogen-bond acceptors (Lipinski definition) is 0. The third-order valence-corrected chi connectivity index (χ3v) is 4.84. The van der Waals surface area contributed by atoms with E-state index in [-0.39, 0.29) is 0 Å². The normalized spacial score (nSPS) is 14.7. The summed E-state index contributed by atoms with van der Waals surface area (Å²) < 4.78 is 0. The Hall–Kier alpha value is -3.84. The summed E-state index contributed by atoms with van der Waals surface area (Å²) in [5.41, 5.74) is 7.44. The van der Waals surface area contributed by atoms with Gasteiger partial charge in [0.2, 0.25) is 0 Å². The predicted octanol–water partition coefficient (Wildman–Crippen LogP) is 4.41. The van der Waals surface area contributed by atoms with Crippen LogP contribution in [0.2, 0.25) is 0 Å². The van der Waals surface area contributed by atoms with Gasteiger partial charge in [-0.25, -0.2) is 0 Å². The summed E-state index contributed by atoms with van der Waals surface area (Å²) in [6.07, 6.45) is 10.9. The van der Waals surface area contributed by atoms with Crippen molar-refractivity contribution < 1.29 is 0 Å². The highest BCUT2D eigenvalue weighted by atomic mass is 14.1. The average Bonchev–Trinajstić information content (AvgIpc) is 2.71. The quantitative estimate of drug-likeness (QED) is 0.615. The fraction of sp³-hybridized carbons (Fsp3) is 0.143. The molecule has 0 amide bonds. The van der Waals surface area contributed by atoms with Gasteiger partial charge in [-0.15, -0.1) is 0 Å². The van der Waals surface area contributed by atoms with Crippen molar-refractivity contribution in [1.82, 2.24) is 0 Å². The summed E-state index contributed by atoms with van der Waals surface area (Å²) in [7, 11) is 0. The lowest BCUT2D eigenvalue weighted by molar-refractivity contribution is 0.916. The van der Waals surface area contributed by atoms with Crippen molar-refractivity contribution in [3.05, 3.63) is 94.1 Å². The Labute approximate surface area is 167 Å². The molecule has 28 heavy (non-hydrogen) atoms. The molecule has 0 fully saturated rings. The van der Waals surface area contributed by atoms with Crippen molar-refractivity contribution >= 4 is 0 Å². The summed E-state index contributed by atoms with van der Waals surface area (Å²) in [5.74, 6) is 24.2. The third kappa shape index (κ3) is 4.46. The van der Waals surface area contributed by atoms with E-state index in [0.717, 1.165) is 36.8 Å². The van der Waals surface area contributed by atoms with Crippen molar-refractivity contribution in [3.63, 3.8) is 0 Å². The van der Waals surface area contributed by atoms with Crippen LogP contribution in [-0.4, -0.2) is 0 Å². The summed E-state index contributed by atoms with van der Waals surface area (Å²) in [6, 6.07) is 13.4. The van der Waals surface area contributed by atoms with Crippen LogP contribution in [0.5, 0.6) is 0 Å². The van der Waals surface area contributed by atoms with Crippen LogP contribution < -0.4 is 0 Å². The Morgan fingerprint density at radius 1 is 0.500 bits per heavy atom. The minimum atomic E-state index is 0.966. The molecule has 6 bridgehead atoms. The molecule has 0 N–H and O–H groups in total. The van der Waals surface area contributed by atoms with Gasteiger partial charge in [0.15, 0.2) is 0 Å². The second-order valence-corrected chi connectivity index (χ2v) is 6.73. The molecule has 0 heterocycles. The molecule has 0 atom stereocenters. The zero-order valence-electron chi connectivity index (χ0n) is 15.6.